The van der Waals surface area contributed by atoms with Crippen LogP contribution in [0.4, 0.5) is 0 Å². The van der Waals surface area contributed by atoms with Crippen molar-refractivity contribution in [2.24, 2.45) is 50.2 Å². The molecule has 0 bridgehead atoms. The van der Waals surface area contributed by atoms with Gasteiger partial charge in [-0.15, -0.1) is 0 Å². The molecule has 11 atom stereocenters. The van der Waals surface area contributed by atoms with Crippen LogP contribution in [-0.4, -0.2) is 40.3 Å². The predicted molar refractivity (Wildman–Crippen MR) is 174 cm³/mol. The van der Waals surface area contributed by atoms with E-state index in [0.717, 1.165) is 25.7 Å². The Morgan fingerprint density at radius 3 is 2.27 bits per heavy atom. The second kappa shape index (κ2) is 11.3. The molecule has 266 valence electrons. The van der Waals surface area contributed by atoms with Crippen molar-refractivity contribution in [1.29, 1.82) is 0 Å². The van der Waals surface area contributed by atoms with E-state index in [0.29, 0.717) is 32.1 Å². The molecule has 4 fully saturated rings. The molecule has 0 radical (unpaired) electrons. The number of aliphatic hydroxyl groups is 1. The zero-order valence-electron chi connectivity index (χ0n) is 29.9. The van der Waals surface area contributed by atoms with Gasteiger partial charge in [0.2, 0.25) is 0 Å². The van der Waals surface area contributed by atoms with Gasteiger partial charge < -0.3 is 28.5 Å². The molecule has 1 aromatic rings. The number of aryl methyl sites for hydroxylation is 1. The fourth-order valence-electron chi connectivity index (χ4n) is 11.8. The van der Waals surface area contributed by atoms with Crippen LogP contribution in [0.15, 0.2) is 25.3 Å². The summed E-state index contributed by atoms with van der Waals surface area (Å²) < 4.78 is 21.9. The molecule has 6 rings (SSSR count). The molecule has 5 aliphatic carbocycles. The average Bonchev–Trinajstić information content (AvgIpc) is 3.35. The maximum atomic E-state index is 14.3. The van der Waals surface area contributed by atoms with Crippen molar-refractivity contribution in [3.05, 3.63) is 33.8 Å². The Morgan fingerprint density at radius 1 is 0.958 bits per heavy atom. The summed E-state index contributed by atoms with van der Waals surface area (Å²) in [6, 6.07) is 0. The molecule has 48 heavy (non-hydrogen) atoms. The lowest BCUT2D eigenvalue weighted by Gasteiger charge is -2.71. The van der Waals surface area contributed by atoms with Crippen molar-refractivity contribution >= 4 is 17.9 Å². The maximum absolute atomic E-state index is 14.3. The first-order valence-electron chi connectivity index (χ1n) is 17.9. The van der Waals surface area contributed by atoms with Gasteiger partial charge in [-0.3, -0.25) is 14.4 Å². The van der Waals surface area contributed by atoms with Crippen LogP contribution < -0.4 is 5.82 Å². The molecule has 0 saturated heterocycles. The number of aliphatic hydroxyl groups excluding tert-OH is 1. The minimum absolute atomic E-state index is 0.0135. The number of esters is 2. The predicted octanol–water partition coefficient (Wildman–Crippen LogP) is 6.74. The van der Waals surface area contributed by atoms with Crippen molar-refractivity contribution in [1.82, 2.24) is 0 Å². The number of allylic oxidation sites excluding steroid dienone is 1. The van der Waals surface area contributed by atoms with Gasteiger partial charge in [-0.2, -0.15) is 0 Å². The number of rotatable bonds is 6. The van der Waals surface area contributed by atoms with Crippen LogP contribution in [0.5, 0.6) is 0 Å². The molecular weight excluding hydrogens is 616 g/mol. The normalized spacial score (nSPS) is 45.0. The lowest BCUT2D eigenvalue weighted by molar-refractivity contribution is -0.239. The number of carboxylic acids is 1. The number of hydrogen-bond acceptors (Lipinski definition) is 9. The highest BCUT2D eigenvalue weighted by Crippen LogP contribution is 2.76. The van der Waals surface area contributed by atoms with Crippen molar-refractivity contribution in [3.63, 3.8) is 0 Å². The molecule has 1 aromatic heterocycles. The number of carbonyl (C=O) groups is 3. The Bertz CT molecular complexity index is 1590. The van der Waals surface area contributed by atoms with E-state index < -0.39 is 46.2 Å². The van der Waals surface area contributed by atoms with Gasteiger partial charge in [0.25, 0.3) is 0 Å². The van der Waals surface area contributed by atoms with Crippen molar-refractivity contribution in [2.75, 3.05) is 0 Å². The molecule has 0 aliphatic heterocycles. The number of aliphatic carboxylic acids is 1. The number of carboxylic acid groups (broad SMARTS) is 1. The van der Waals surface area contributed by atoms with E-state index in [1.807, 2.05) is 13.8 Å². The summed E-state index contributed by atoms with van der Waals surface area (Å²) >= 11 is 0. The van der Waals surface area contributed by atoms with Crippen LogP contribution in [0, 0.1) is 57.2 Å². The van der Waals surface area contributed by atoms with Gasteiger partial charge >= 0.3 is 23.7 Å². The van der Waals surface area contributed by atoms with Crippen LogP contribution in [0.2, 0.25) is 0 Å². The monoisotopic (exact) mass is 670 g/mol. The Labute approximate surface area is 283 Å². The Kier molecular flexibility index (Phi) is 8.25. The van der Waals surface area contributed by atoms with E-state index in [1.54, 1.807) is 13.8 Å². The van der Waals surface area contributed by atoms with Crippen LogP contribution >= 0.6 is 0 Å². The Hall–Kier alpha value is -2.88. The van der Waals surface area contributed by atoms with Crippen LogP contribution in [0.3, 0.4) is 0 Å². The van der Waals surface area contributed by atoms with E-state index in [1.165, 1.54) is 5.57 Å². The highest BCUT2D eigenvalue weighted by atomic mass is 16.6. The summed E-state index contributed by atoms with van der Waals surface area (Å²) in [4.78, 5) is 51.1. The van der Waals surface area contributed by atoms with Gasteiger partial charge in [0.15, 0.2) is 18.1 Å². The smallest absolute Gasteiger partial charge is 0.481 e. The SMILES string of the molecule is CCC(=O)O[C@H]1CC[C@@]2(C)C(CC[C@]3(C)[C@@H]2C(O)C=C2[C@@H]4C[C@@](C)(C(=O)O)CC[C@]4(C)CC[C@]23C)[C@]1(C)C(=O)OCc1oc(=O)oc1C. The third-order valence-electron chi connectivity index (χ3n) is 15.1. The first kappa shape index (κ1) is 35.0. The molecule has 2 unspecified atom stereocenters. The van der Waals surface area contributed by atoms with Crippen molar-refractivity contribution in [3.8, 4) is 0 Å². The van der Waals surface area contributed by atoms with E-state index in [9.17, 15) is 29.4 Å². The zero-order valence-corrected chi connectivity index (χ0v) is 29.9. The topological polar surface area (TPSA) is 153 Å². The first-order chi connectivity index (χ1) is 22.3. The minimum atomic E-state index is -1.22. The van der Waals surface area contributed by atoms with Gasteiger partial charge in [0.05, 0.1) is 11.5 Å². The van der Waals surface area contributed by atoms with Gasteiger partial charge in [0.1, 0.15) is 11.5 Å². The fraction of sp³-hybridized carbons (Fsp3) is 0.789. The zero-order chi connectivity index (χ0) is 35.2. The van der Waals surface area contributed by atoms with Crippen LogP contribution in [0.25, 0.3) is 0 Å². The third-order valence-corrected chi connectivity index (χ3v) is 15.1. The van der Waals surface area contributed by atoms with Crippen molar-refractivity contribution in [2.45, 2.75) is 138 Å². The summed E-state index contributed by atoms with van der Waals surface area (Å²) in [7, 11) is 0. The van der Waals surface area contributed by atoms with E-state index >= 15 is 0 Å². The van der Waals surface area contributed by atoms with E-state index in [4.69, 9.17) is 18.3 Å². The number of fused-ring (bicyclic) bond motifs is 7. The molecule has 5 aliphatic rings. The number of hydrogen-bond donors (Lipinski definition) is 2. The quantitative estimate of drug-likeness (QED) is 0.246. The molecule has 0 amide bonds. The third kappa shape index (κ3) is 4.81. The molecular formula is C38H54O10. The lowest BCUT2D eigenvalue weighted by atomic mass is 9.33. The Balaban J connectivity index is 1.39. The van der Waals surface area contributed by atoms with Crippen molar-refractivity contribution < 1.29 is 42.9 Å². The van der Waals surface area contributed by atoms with Gasteiger partial charge in [0, 0.05) is 12.3 Å². The van der Waals surface area contributed by atoms with E-state index in [2.05, 4.69) is 33.8 Å². The summed E-state index contributed by atoms with van der Waals surface area (Å²) in [5, 5.41) is 22.6. The molecule has 0 aromatic carbocycles. The summed E-state index contributed by atoms with van der Waals surface area (Å²) in [5.74, 6) is -2.56. The Morgan fingerprint density at radius 2 is 1.65 bits per heavy atom. The van der Waals surface area contributed by atoms with E-state index in [-0.39, 0.29) is 64.5 Å². The number of carbonyl (C=O) groups excluding carboxylic acids is 2. The standard InChI is InChI=1S/C38H54O10/c1-9-28(40)48-27-11-12-35(5)26(38(27,8)31(43)45-20-25-21(2)46-32(44)47-25)10-13-37(7)29(35)24(39)18-22-23-19-34(4,30(41)42)15-14-33(23,3)16-17-36(22,37)6/h18,23-24,26-27,29,39H,9-17,19-20H2,1-8H3,(H,41,42)/t23-,24?,26?,27-,29+,33+,34-,35-,36+,37+,38-/m0/s1. The average molecular weight is 671 g/mol. The highest BCUT2D eigenvalue weighted by Gasteiger charge is 2.72. The summed E-state index contributed by atoms with van der Waals surface area (Å²) in [6.07, 6.45) is 7.30. The van der Waals surface area contributed by atoms with Gasteiger partial charge in [-0.1, -0.05) is 46.3 Å². The molecule has 2 N–H and O–H groups in total. The van der Waals surface area contributed by atoms with Crippen LogP contribution in [0.1, 0.15) is 124 Å². The summed E-state index contributed by atoms with van der Waals surface area (Å²) in [6.45, 7) is 15.9. The first-order valence-corrected chi connectivity index (χ1v) is 17.9. The van der Waals surface area contributed by atoms with Crippen LogP contribution in [-0.2, 0) is 30.5 Å². The molecule has 10 nitrogen and oxygen atoms in total. The minimum Gasteiger partial charge on any atom is -0.481 e. The molecule has 0 spiro atoms. The second-order valence-corrected chi connectivity index (χ2v) is 17.4. The number of ether oxygens (including phenoxy) is 2. The molecule has 1 heterocycles. The fourth-order valence-corrected chi connectivity index (χ4v) is 11.8. The maximum Gasteiger partial charge on any atom is 0.519 e. The van der Waals surface area contributed by atoms with Gasteiger partial charge in [-0.05, 0) is 112 Å². The largest absolute Gasteiger partial charge is 0.519 e. The second-order valence-electron chi connectivity index (χ2n) is 17.4. The summed E-state index contributed by atoms with van der Waals surface area (Å²) in [5.41, 5.74) is -1.91. The lowest BCUT2D eigenvalue weighted by Crippen LogP contribution is -2.69. The molecule has 4 saturated carbocycles. The highest BCUT2D eigenvalue weighted by molar-refractivity contribution is 5.79. The van der Waals surface area contributed by atoms with Gasteiger partial charge in [-0.25, -0.2) is 4.79 Å². The molecule has 10 heteroatoms.